The van der Waals surface area contributed by atoms with E-state index < -0.39 is 0 Å². The molecule has 0 bridgehead atoms. The van der Waals surface area contributed by atoms with Gasteiger partial charge in [0.15, 0.2) is 0 Å². The molecule has 1 atom stereocenters. The summed E-state index contributed by atoms with van der Waals surface area (Å²) in [6, 6.07) is 14.9. The van der Waals surface area contributed by atoms with Crippen molar-refractivity contribution in [3.63, 3.8) is 0 Å². The van der Waals surface area contributed by atoms with Crippen LogP contribution in [-0.4, -0.2) is 38.8 Å². The second-order valence-corrected chi connectivity index (χ2v) is 8.35. The molecule has 0 aliphatic rings. The highest BCUT2D eigenvalue weighted by molar-refractivity contribution is 5.76. The van der Waals surface area contributed by atoms with Gasteiger partial charge in [0.1, 0.15) is 17.3 Å². The molecule has 2 aromatic carbocycles. The van der Waals surface area contributed by atoms with Gasteiger partial charge in [-0.05, 0) is 54.8 Å². The Morgan fingerprint density at radius 2 is 1.74 bits per heavy atom. The average molecular weight is 476 g/mol. The van der Waals surface area contributed by atoms with E-state index in [9.17, 15) is 9.59 Å². The summed E-state index contributed by atoms with van der Waals surface area (Å²) in [4.78, 5) is 25.4. The highest BCUT2D eigenvalue weighted by Crippen LogP contribution is 2.16. The second-order valence-electron chi connectivity index (χ2n) is 8.35. The highest BCUT2D eigenvalue weighted by Gasteiger charge is 2.16. The Balaban J connectivity index is 1.39. The van der Waals surface area contributed by atoms with Crippen molar-refractivity contribution in [2.24, 2.45) is 5.92 Å². The lowest BCUT2D eigenvalue weighted by atomic mass is 10.0. The summed E-state index contributed by atoms with van der Waals surface area (Å²) in [5.41, 5.74) is 1.69. The molecule has 0 fully saturated rings. The van der Waals surface area contributed by atoms with Crippen LogP contribution in [0.25, 0.3) is 11.3 Å². The van der Waals surface area contributed by atoms with Gasteiger partial charge in [0.05, 0.1) is 13.7 Å². The van der Waals surface area contributed by atoms with Gasteiger partial charge < -0.3 is 14.8 Å². The number of hydrogen-bond donors (Lipinski definition) is 1. The van der Waals surface area contributed by atoms with Gasteiger partial charge in [-0.3, -0.25) is 18.6 Å². The third-order valence-corrected chi connectivity index (χ3v) is 5.68. The van der Waals surface area contributed by atoms with Crippen LogP contribution in [0.2, 0.25) is 0 Å². The number of nitrogens with one attached hydrogen (secondary N) is 1. The quantitative estimate of drug-likeness (QED) is 0.378. The first-order valence-corrected chi connectivity index (χ1v) is 11.6. The van der Waals surface area contributed by atoms with E-state index in [0.29, 0.717) is 37.5 Å². The van der Waals surface area contributed by atoms with Gasteiger partial charge in [-0.2, -0.15) is 0 Å². The Morgan fingerprint density at radius 3 is 2.43 bits per heavy atom. The number of aromatic nitrogens is 4. The van der Waals surface area contributed by atoms with Crippen LogP contribution < -0.4 is 20.3 Å². The van der Waals surface area contributed by atoms with Gasteiger partial charge in [0.2, 0.25) is 11.6 Å². The molecule has 0 saturated heterocycles. The van der Waals surface area contributed by atoms with Crippen LogP contribution >= 0.6 is 0 Å². The maximum atomic E-state index is 13.0. The molecule has 1 unspecified atom stereocenters. The van der Waals surface area contributed by atoms with Crippen LogP contribution in [0.1, 0.15) is 31.7 Å². The standard InChI is InChI=1S/C26H29N5O4/c1-4-35-22-11-7-20(8-12-22)30-13-14-31-23(28-29-25(31)26(30)33)15-18(2)16-24(32)27-17-19-5-9-21(34-3)10-6-19/h5-14,18H,4,15-17H2,1-3H3,(H,27,32). The van der Waals surface area contributed by atoms with Gasteiger partial charge in [-0.15, -0.1) is 10.2 Å². The van der Waals surface area contributed by atoms with E-state index in [1.807, 2.05) is 62.4 Å². The second kappa shape index (κ2) is 10.9. The normalized spacial score (nSPS) is 11.9. The summed E-state index contributed by atoms with van der Waals surface area (Å²) in [6.07, 6.45) is 4.33. The van der Waals surface area contributed by atoms with Crippen LogP contribution in [-0.2, 0) is 17.8 Å². The first kappa shape index (κ1) is 24.0. The largest absolute Gasteiger partial charge is 0.497 e. The molecule has 182 valence electrons. The van der Waals surface area contributed by atoms with Crippen molar-refractivity contribution in [2.75, 3.05) is 13.7 Å². The fourth-order valence-corrected chi connectivity index (χ4v) is 3.86. The Hall–Kier alpha value is -4.14. The first-order valence-electron chi connectivity index (χ1n) is 11.6. The number of methoxy groups -OCH3 is 1. The third kappa shape index (κ3) is 5.68. The smallest absolute Gasteiger partial charge is 0.300 e. The first-order chi connectivity index (χ1) is 17.0. The number of carbonyl (C=O) groups excluding carboxylic acids is 1. The summed E-state index contributed by atoms with van der Waals surface area (Å²) in [5, 5.41) is 11.3. The minimum Gasteiger partial charge on any atom is -0.497 e. The van der Waals surface area contributed by atoms with Gasteiger partial charge in [0.25, 0.3) is 0 Å². The molecular formula is C26H29N5O4. The van der Waals surface area contributed by atoms with Gasteiger partial charge in [0, 0.05) is 37.5 Å². The summed E-state index contributed by atoms with van der Waals surface area (Å²) < 4.78 is 13.8. The Labute approximate surface area is 203 Å². The molecule has 0 aliphatic carbocycles. The number of rotatable bonds is 10. The van der Waals surface area contributed by atoms with Gasteiger partial charge in [-0.1, -0.05) is 19.1 Å². The molecule has 0 radical (unpaired) electrons. The molecular weight excluding hydrogens is 446 g/mol. The summed E-state index contributed by atoms with van der Waals surface area (Å²) in [7, 11) is 1.62. The summed E-state index contributed by atoms with van der Waals surface area (Å²) in [5.74, 6) is 2.15. The van der Waals surface area contributed by atoms with E-state index in [-0.39, 0.29) is 23.0 Å². The number of amides is 1. The maximum Gasteiger partial charge on any atom is 0.300 e. The van der Waals surface area contributed by atoms with Crippen molar-refractivity contribution < 1.29 is 14.3 Å². The topological polar surface area (TPSA) is 99.8 Å². The summed E-state index contributed by atoms with van der Waals surface area (Å²) in [6.45, 7) is 4.94. The lowest BCUT2D eigenvalue weighted by molar-refractivity contribution is -0.122. The molecule has 4 aromatic rings. The molecule has 2 aromatic heterocycles. The van der Waals surface area contributed by atoms with E-state index in [0.717, 1.165) is 17.1 Å². The number of carbonyl (C=O) groups is 1. The molecule has 4 rings (SSSR count). The molecule has 0 saturated carbocycles. The SMILES string of the molecule is CCOc1ccc(-n2ccn3c(CC(C)CC(=O)NCc4ccc(OC)cc4)nnc3c2=O)cc1. The van der Waals surface area contributed by atoms with Crippen molar-refractivity contribution in [3.05, 3.63) is 82.7 Å². The third-order valence-electron chi connectivity index (χ3n) is 5.68. The van der Waals surface area contributed by atoms with Crippen LogP contribution in [0.3, 0.4) is 0 Å². The molecule has 1 amide bonds. The number of benzene rings is 2. The Bertz CT molecular complexity index is 1340. The summed E-state index contributed by atoms with van der Waals surface area (Å²) >= 11 is 0. The molecule has 0 spiro atoms. The zero-order valence-corrected chi connectivity index (χ0v) is 20.1. The molecule has 35 heavy (non-hydrogen) atoms. The number of fused-ring (bicyclic) bond motifs is 1. The van der Waals surface area contributed by atoms with E-state index >= 15 is 0 Å². The fourth-order valence-electron chi connectivity index (χ4n) is 3.86. The molecule has 0 aliphatic heterocycles. The zero-order valence-electron chi connectivity index (χ0n) is 20.1. The van der Waals surface area contributed by atoms with Crippen LogP contribution in [0.5, 0.6) is 11.5 Å². The van der Waals surface area contributed by atoms with Gasteiger partial charge in [-0.25, -0.2) is 0 Å². The van der Waals surface area contributed by atoms with Crippen molar-refractivity contribution in [1.82, 2.24) is 24.5 Å². The minimum absolute atomic E-state index is 0.0202. The number of ether oxygens (including phenoxy) is 2. The molecule has 9 heteroatoms. The van der Waals surface area contributed by atoms with Crippen LogP contribution in [0.4, 0.5) is 0 Å². The zero-order chi connectivity index (χ0) is 24.8. The van der Waals surface area contributed by atoms with Crippen molar-refractivity contribution in [2.45, 2.75) is 33.2 Å². The average Bonchev–Trinajstić information content (AvgIpc) is 3.27. The van der Waals surface area contributed by atoms with E-state index in [4.69, 9.17) is 9.47 Å². The van der Waals surface area contributed by atoms with Gasteiger partial charge >= 0.3 is 5.56 Å². The van der Waals surface area contributed by atoms with E-state index in [2.05, 4.69) is 15.5 Å². The van der Waals surface area contributed by atoms with Crippen LogP contribution in [0, 0.1) is 5.92 Å². The number of hydrogen-bond acceptors (Lipinski definition) is 6. The molecule has 1 N–H and O–H groups in total. The van der Waals surface area contributed by atoms with Crippen molar-refractivity contribution >= 4 is 11.6 Å². The number of nitrogens with zero attached hydrogens (tertiary/aromatic N) is 4. The van der Waals surface area contributed by atoms with Crippen LogP contribution in [0.15, 0.2) is 65.7 Å². The molecule has 9 nitrogen and oxygen atoms in total. The maximum absolute atomic E-state index is 13.0. The minimum atomic E-state index is -0.264. The molecule has 2 heterocycles. The fraction of sp³-hybridized carbons (Fsp3) is 0.308. The monoisotopic (exact) mass is 475 g/mol. The predicted molar refractivity (Wildman–Crippen MR) is 132 cm³/mol. The predicted octanol–water partition coefficient (Wildman–Crippen LogP) is 3.17. The van der Waals surface area contributed by atoms with E-state index in [1.54, 1.807) is 23.9 Å². The Kier molecular flexibility index (Phi) is 7.45. The lowest BCUT2D eigenvalue weighted by Crippen LogP contribution is -2.25. The van der Waals surface area contributed by atoms with Crippen molar-refractivity contribution in [3.8, 4) is 17.2 Å². The van der Waals surface area contributed by atoms with E-state index in [1.165, 1.54) is 4.57 Å². The highest BCUT2D eigenvalue weighted by atomic mass is 16.5. The van der Waals surface area contributed by atoms with Crippen molar-refractivity contribution in [1.29, 1.82) is 0 Å². The Morgan fingerprint density at radius 1 is 1.03 bits per heavy atom. The lowest BCUT2D eigenvalue weighted by Gasteiger charge is -2.12.